The molecule has 0 radical (unpaired) electrons. The number of thioether (sulfide) groups is 1. The van der Waals surface area contributed by atoms with Gasteiger partial charge in [-0.15, -0.1) is 10.2 Å². The molecule has 17 heavy (non-hydrogen) atoms. The fourth-order valence-corrected chi connectivity index (χ4v) is 1.95. The smallest absolute Gasteiger partial charge is 0.313 e. The molecule has 1 N–H and O–H groups in total. The van der Waals surface area contributed by atoms with Crippen LogP contribution in [0.4, 0.5) is 0 Å². The van der Waals surface area contributed by atoms with Crippen molar-refractivity contribution in [3.8, 4) is 5.69 Å². The standard InChI is InChI=1S/C10H10N4O2S/c1-7-2-8(4-11-3-7)14-6-12-13-10(14)17-5-9(15)16/h2-4,6H,5H2,1H3,(H,15,16). The molecule has 0 aliphatic heterocycles. The molecule has 7 heteroatoms. The van der Waals surface area contributed by atoms with Crippen LogP contribution in [0.3, 0.4) is 0 Å². The molecule has 0 unspecified atom stereocenters. The highest BCUT2D eigenvalue weighted by Gasteiger charge is 2.09. The molecular weight excluding hydrogens is 240 g/mol. The molecule has 0 amide bonds. The van der Waals surface area contributed by atoms with Crippen LogP contribution >= 0.6 is 11.8 Å². The van der Waals surface area contributed by atoms with E-state index < -0.39 is 5.97 Å². The SMILES string of the molecule is Cc1cncc(-n2cnnc2SCC(=O)O)c1. The zero-order valence-electron chi connectivity index (χ0n) is 9.07. The molecule has 88 valence electrons. The molecule has 2 rings (SSSR count). The van der Waals surface area contributed by atoms with Crippen molar-refractivity contribution in [3.63, 3.8) is 0 Å². The maximum atomic E-state index is 10.5. The molecule has 0 saturated carbocycles. The summed E-state index contributed by atoms with van der Waals surface area (Å²) in [5.41, 5.74) is 1.84. The number of carboxylic acid groups (broad SMARTS) is 1. The quantitative estimate of drug-likeness (QED) is 0.820. The Labute approximate surface area is 102 Å². The van der Waals surface area contributed by atoms with Crippen LogP contribution in [-0.2, 0) is 4.79 Å². The molecule has 0 aliphatic carbocycles. The number of carbonyl (C=O) groups is 1. The summed E-state index contributed by atoms with van der Waals surface area (Å²) in [5.74, 6) is -0.926. The van der Waals surface area contributed by atoms with Gasteiger partial charge in [-0.3, -0.25) is 14.3 Å². The lowest BCUT2D eigenvalue weighted by molar-refractivity contribution is -0.133. The molecule has 0 aromatic carbocycles. The van der Waals surface area contributed by atoms with Gasteiger partial charge < -0.3 is 5.11 Å². The molecule has 0 spiro atoms. The Kier molecular flexibility index (Phi) is 3.38. The van der Waals surface area contributed by atoms with Gasteiger partial charge in [0.1, 0.15) is 6.33 Å². The zero-order chi connectivity index (χ0) is 12.3. The van der Waals surface area contributed by atoms with Crippen molar-refractivity contribution in [2.75, 3.05) is 5.75 Å². The van der Waals surface area contributed by atoms with Gasteiger partial charge in [0.2, 0.25) is 0 Å². The average Bonchev–Trinajstić information content (AvgIpc) is 2.74. The number of aromatic nitrogens is 4. The van der Waals surface area contributed by atoms with Crippen LogP contribution in [0.1, 0.15) is 5.56 Å². The third kappa shape index (κ3) is 2.82. The summed E-state index contributed by atoms with van der Waals surface area (Å²) in [6.45, 7) is 1.94. The van der Waals surface area contributed by atoms with E-state index in [2.05, 4.69) is 15.2 Å². The van der Waals surface area contributed by atoms with E-state index in [4.69, 9.17) is 5.11 Å². The first-order chi connectivity index (χ1) is 8.16. The molecule has 0 atom stereocenters. The number of hydrogen-bond acceptors (Lipinski definition) is 5. The molecule has 0 fully saturated rings. The third-order valence-corrected chi connectivity index (χ3v) is 2.91. The number of aliphatic carboxylic acids is 1. The van der Waals surface area contributed by atoms with Gasteiger partial charge in [0.15, 0.2) is 5.16 Å². The van der Waals surface area contributed by atoms with Gasteiger partial charge >= 0.3 is 5.97 Å². The van der Waals surface area contributed by atoms with E-state index >= 15 is 0 Å². The lowest BCUT2D eigenvalue weighted by atomic mass is 10.3. The molecule has 2 heterocycles. The molecule has 6 nitrogen and oxygen atoms in total. The van der Waals surface area contributed by atoms with E-state index in [0.29, 0.717) is 5.16 Å². The number of carboxylic acids is 1. The molecule has 0 saturated heterocycles. The van der Waals surface area contributed by atoms with Crippen molar-refractivity contribution in [1.29, 1.82) is 0 Å². The monoisotopic (exact) mass is 250 g/mol. The van der Waals surface area contributed by atoms with Crippen LogP contribution in [0.2, 0.25) is 0 Å². The first kappa shape index (κ1) is 11.6. The minimum absolute atomic E-state index is 0.0437. The Morgan fingerprint density at radius 3 is 3.06 bits per heavy atom. The number of nitrogens with zero attached hydrogens (tertiary/aromatic N) is 4. The van der Waals surface area contributed by atoms with Gasteiger partial charge in [0, 0.05) is 6.20 Å². The summed E-state index contributed by atoms with van der Waals surface area (Å²) in [7, 11) is 0. The fourth-order valence-electron chi connectivity index (χ4n) is 1.30. The highest BCUT2D eigenvalue weighted by Crippen LogP contribution is 2.19. The second kappa shape index (κ2) is 4.96. The van der Waals surface area contributed by atoms with Crippen LogP contribution in [0.5, 0.6) is 0 Å². The zero-order valence-corrected chi connectivity index (χ0v) is 9.89. The van der Waals surface area contributed by atoms with E-state index in [9.17, 15) is 4.79 Å². The second-order valence-corrected chi connectivity index (χ2v) is 4.33. The summed E-state index contributed by atoms with van der Waals surface area (Å²) in [6.07, 6.45) is 4.97. The molecule has 2 aromatic rings. The first-order valence-corrected chi connectivity index (χ1v) is 5.82. The number of hydrogen-bond donors (Lipinski definition) is 1. The Balaban J connectivity index is 2.27. The normalized spacial score (nSPS) is 10.4. The average molecular weight is 250 g/mol. The lowest BCUT2D eigenvalue weighted by Gasteiger charge is -2.05. The highest BCUT2D eigenvalue weighted by molar-refractivity contribution is 7.99. The van der Waals surface area contributed by atoms with Crippen LogP contribution < -0.4 is 0 Å². The summed E-state index contributed by atoms with van der Waals surface area (Å²) in [5, 5.41) is 16.8. The van der Waals surface area contributed by atoms with Crippen LogP contribution in [-0.4, -0.2) is 36.6 Å². The van der Waals surface area contributed by atoms with Gasteiger partial charge in [-0.25, -0.2) is 0 Å². The van der Waals surface area contributed by atoms with E-state index in [-0.39, 0.29) is 5.75 Å². The molecule has 2 aromatic heterocycles. The minimum atomic E-state index is -0.882. The summed E-state index contributed by atoms with van der Waals surface area (Å²) >= 11 is 1.12. The largest absolute Gasteiger partial charge is 0.481 e. The van der Waals surface area contributed by atoms with E-state index in [1.807, 2.05) is 13.0 Å². The Hall–Kier alpha value is -1.89. The second-order valence-electron chi connectivity index (χ2n) is 3.39. The molecule has 0 aliphatic rings. The first-order valence-electron chi connectivity index (χ1n) is 4.83. The number of aryl methyl sites for hydroxylation is 1. The van der Waals surface area contributed by atoms with Crippen molar-refractivity contribution >= 4 is 17.7 Å². The van der Waals surface area contributed by atoms with Gasteiger partial charge in [-0.2, -0.15) is 0 Å². The molecule has 0 bridgehead atoms. The topological polar surface area (TPSA) is 80.9 Å². The maximum Gasteiger partial charge on any atom is 0.313 e. The number of rotatable bonds is 4. The van der Waals surface area contributed by atoms with Crippen molar-refractivity contribution in [2.24, 2.45) is 0 Å². The Morgan fingerprint density at radius 2 is 2.35 bits per heavy atom. The third-order valence-electron chi connectivity index (χ3n) is 1.98. The van der Waals surface area contributed by atoms with Crippen LogP contribution in [0, 0.1) is 6.92 Å². The minimum Gasteiger partial charge on any atom is -0.481 e. The van der Waals surface area contributed by atoms with E-state index in [1.54, 1.807) is 23.3 Å². The van der Waals surface area contributed by atoms with Crippen LogP contribution in [0.15, 0.2) is 29.9 Å². The van der Waals surface area contributed by atoms with Crippen molar-refractivity contribution in [2.45, 2.75) is 12.1 Å². The predicted octanol–water partition coefficient (Wildman–Crippen LogP) is 1.15. The van der Waals surface area contributed by atoms with Crippen LogP contribution in [0.25, 0.3) is 5.69 Å². The van der Waals surface area contributed by atoms with Gasteiger partial charge in [-0.05, 0) is 18.6 Å². The van der Waals surface area contributed by atoms with Crippen molar-refractivity contribution < 1.29 is 9.90 Å². The van der Waals surface area contributed by atoms with Gasteiger partial charge in [-0.1, -0.05) is 11.8 Å². The predicted molar refractivity (Wildman–Crippen MR) is 62.3 cm³/mol. The maximum absolute atomic E-state index is 10.5. The van der Waals surface area contributed by atoms with Gasteiger partial charge in [0.25, 0.3) is 0 Å². The van der Waals surface area contributed by atoms with Crippen molar-refractivity contribution in [1.82, 2.24) is 19.7 Å². The van der Waals surface area contributed by atoms with Crippen molar-refractivity contribution in [3.05, 3.63) is 30.4 Å². The van der Waals surface area contributed by atoms with Gasteiger partial charge in [0.05, 0.1) is 17.6 Å². The van der Waals surface area contributed by atoms with E-state index in [0.717, 1.165) is 23.0 Å². The summed E-state index contributed by atoms with van der Waals surface area (Å²) in [6, 6.07) is 1.93. The Bertz CT molecular complexity index is 541. The number of pyridine rings is 1. The van der Waals surface area contributed by atoms with E-state index in [1.165, 1.54) is 0 Å². The molecular formula is C10H10N4O2S. The Morgan fingerprint density at radius 1 is 1.53 bits per heavy atom. The highest BCUT2D eigenvalue weighted by atomic mass is 32.2. The fraction of sp³-hybridized carbons (Fsp3) is 0.200. The summed E-state index contributed by atoms with van der Waals surface area (Å²) < 4.78 is 1.72. The summed E-state index contributed by atoms with van der Waals surface area (Å²) in [4.78, 5) is 14.6. The lowest BCUT2D eigenvalue weighted by Crippen LogP contribution is -2.01.